The SMILES string of the molecule is COc1cccc(/C=N\NC(=O)c2ccncc2)c1. The van der Waals surface area contributed by atoms with Crippen LogP contribution in [0.3, 0.4) is 0 Å². The minimum Gasteiger partial charge on any atom is -0.497 e. The molecule has 1 N–H and O–H groups in total. The molecule has 0 saturated carbocycles. The number of benzene rings is 1. The van der Waals surface area contributed by atoms with Crippen LogP contribution >= 0.6 is 0 Å². The monoisotopic (exact) mass is 255 g/mol. The van der Waals surface area contributed by atoms with E-state index in [0.717, 1.165) is 11.3 Å². The lowest BCUT2D eigenvalue weighted by molar-refractivity contribution is 0.0955. The number of hydrogen-bond donors (Lipinski definition) is 1. The highest BCUT2D eigenvalue weighted by atomic mass is 16.5. The summed E-state index contributed by atoms with van der Waals surface area (Å²) in [4.78, 5) is 15.5. The highest BCUT2D eigenvalue weighted by Gasteiger charge is 2.01. The molecule has 2 aromatic rings. The molecule has 0 unspecified atom stereocenters. The maximum absolute atomic E-state index is 11.7. The van der Waals surface area contributed by atoms with Crippen molar-refractivity contribution in [3.63, 3.8) is 0 Å². The number of hydrazone groups is 1. The van der Waals surface area contributed by atoms with Crippen LogP contribution in [0, 0.1) is 0 Å². The van der Waals surface area contributed by atoms with Crippen molar-refractivity contribution in [2.75, 3.05) is 7.11 Å². The van der Waals surface area contributed by atoms with Gasteiger partial charge in [0.25, 0.3) is 5.91 Å². The Morgan fingerprint density at radius 1 is 1.32 bits per heavy atom. The molecule has 0 saturated heterocycles. The van der Waals surface area contributed by atoms with Crippen LogP contribution in [0.5, 0.6) is 5.75 Å². The molecule has 1 aromatic carbocycles. The summed E-state index contributed by atoms with van der Waals surface area (Å²) in [6, 6.07) is 10.6. The molecule has 5 heteroatoms. The Hall–Kier alpha value is -2.69. The average molecular weight is 255 g/mol. The number of nitrogens with one attached hydrogen (secondary N) is 1. The van der Waals surface area contributed by atoms with Gasteiger partial charge in [-0.1, -0.05) is 12.1 Å². The zero-order valence-electron chi connectivity index (χ0n) is 10.4. The molecule has 0 aliphatic heterocycles. The molecule has 1 amide bonds. The van der Waals surface area contributed by atoms with E-state index < -0.39 is 0 Å². The lowest BCUT2D eigenvalue weighted by atomic mass is 10.2. The van der Waals surface area contributed by atoms with Gasteiger partial charge in [0.1, 0.15) is 5.75 Å². The molecule has 19 heavy (non-hydrogen) atoms. The van der Waals surface area contributed by atoms with Crippen molar-refractivity contribution in [1.29, 1.82) is 0 Å². The Morgan fingerprint density at radius 3 is 2.84 bits per heavy atom. The summed E-state index contributed by atoms with van der Waals surface area (Å²) in [7, 11) is 1.60. The second-order valence-corrected chi connectivity index (χ2v) is 3.71. The summed E-state index contributed by atoms with van der Waals surface area (Å²) in [5, 5.41) is 3.89. The molecule has 0 atom stereocenters. The average Bonchev–Trinajstić information content (AvgIpc) is 2.48. The van der Waals surface area contributed by atoms with E-state index in [4.69, 9.17) is 4.74 Å². The second kappa shape index (κ2) is 6.30. The molecular weight excluding hydrogens is 242 g/mol. The van der Waals surface area contributed by atoms with Gasteiger partial charge in [-0.3, -0.25) is 9.78 Å². The minimum atomic E-state index is -0.276. The summed E-state index contributed by atoms with van der Waals surface area (Å²) in [6.07, 6.45) is 4.67. The third-order valence-electron chi connectivity index (χ3n) is 2.42. The topological polar surface area (TPSA) is 63.6 Å². The van der Waals surface area contributed by atoms with Crippen LogP contribution in [-0.4, -0.2) is 24.2 Å². The third-order valence-corrected chi connectivity index (χ3v) is 2.42. The molecule has 0 bridgehead atoms. The highest BCUT2D eigenvalue weighted by molar-refractivity contribution is 5.94. The molecule has 1 aromatic heterocycles. The first-order valence-corrected chi connectivity index (χ1v) is 5.67. The number of nitrogens with zero attached hydrogens (tertiary/aromatic N) is 2. The maximum atomic E-state index is 11.7. The predicted octanol–water partition coefficient (Wildman–Crippen LogP) is 1.85. The normalized spacial score (nSPS) is 10.4. The van der Waals surface area contributed by atoms with Crippen LogP contribution in [0.15, 0.2) is 53.9 Å². The van der Waals surface area contributed by atoms with Crippen LogP contribution < -0.4 is 10.2 Å². The van der Waals surface area contributed by atoms with Gasteiger partial charge in [-0.2, -0.15) is 5.10 Å². The standard InChI is InChI=1S/C14H13N3O2/c1-19-13-4-2-3-11(9-13)10-16-17-14(18)12-5-7-15-8-6-12/h2-10H,1H3,(H,17,18)/b16-10-. The van der Waals surface area contributed by atoms with E-state index in [1.54, 1.807) is 37.9 Å². The molecule has 0 aliphatic rings. The van der Waals surface area contributed by atoms with Crippen LogP contribution in [0.2, 0.25) is 0 Å². The fourth-order valence-corrected chi connectivity index (χ4v) is 1.46. The summed E-state index contributed by atoms with van der Waals surface area (Å²) in [5.41, 5.74) is 3.80. The summed E-state index contributed by atoms with van der Waals surface area (Å²) in [5.74, 6) is 0.464. The van der Waals surface area contributed by atoms with E-state index >= 15 is 0 Å². The van der Waals surface area contributed by atoms with E-state index in [1.807, 2.05) is 24.3 Å². The van der Waals surface area contributed by atoms with Gasteiger partial charge >= 0.3 is 0 Å². The van der Waals surface area contributed by atoms with Crippen molar-refractivity contribution in [2.45, 2.75) is 0 Å². The molecule has 5 nitrogen and oxygen atoms in total. The van der Waals surface area contributed by atoms with Crippen LogP contribution in [0.1, 0.15) is 15.9 Å². The quantitative estimate of drug-likeness (QED) is 0.670. The minimum absolute atomic E-state index is 0.276. The molecule has 0 radical (unpaired) electrons. The van der Waals surface area contributed by atoms with Gasteiger partial charge in [0.15, 0.2) is 0 Å². The van der Waals surface area contributed by atoms with Crippen molar-refractivity contribution >= 4 is 12.1 Å². The molecule has 96 valence electrons. The number of methoxy groups -OCH3 is 1. The zero-order chi connectivity index (χ0) is 13.5. The van der Waals surface area contributed by atoms with Gasteiger partial charge in [-0.25, -0.2) is 5.43 Å². The number of rotatable bonds is 4. The second-order valence-electron chi connectivity index (χ2n) is 3.71. The number of ether oxygens (including phenoxy) is 1. The Morgan fingerprint density at radius 2 is 2.11 bits per heavy atom. The van der Waals surface area contributed by atoms with Crippen molar-refractivity contribution in [3.05, 3.63) is 59.9 Å². The predicted molar refractivity (Wildman–Crippen MR) is 72.3 cm³/mol. The first-order chi connectivity index (χ1) is 9.29. The van der Waals surface area contributed by atoms with E-state index in [2.05, 4.69) is 15.5 Å². The number of pyridine rings is 1. The molecule has 0 fully saturated rings. The summed E-state index contributed by atoms with van der Waals surface area (Å²) >= 11 is 0. The Kier molecular flexibility index (Phi) is 4.23. The fraction of sp³-hybridized carbons (Fsp3) is 0.0714. The molecular formula is C14H13N3O2. The summed E-state index contributed by atoms with van der Waals surface area (Å²) in [6.45, 7) is 0. The molecule has 2 rings (SSSR count). The Bertz CT molecular complexity index is 582. The van der Waals surface area contributed by atoms with E-state index in [1.165, 1.54) is 0 Å². The van der Waals surface area contributed by atoms with Crippen LogP contribution in [-0.2, 0) is 0 Å². The van der Waals surface area contributed by atoms with Crippen LogP contribution in [0.4, 0.5) is 0 Å². The number of carbonyl (C=O) groups excluding carboxylic acids is 1. The molecule has 1 heterocycles. The fourth-order valence-electron chi connectivity index (χ4n) is 1.46. The van der Waals surface area contributed by atoms with Gasteiger partial charge in [0.05, 0.1) is 13.3 Å². The number of amides is 1. The van der Waals surface area contributed by atoms with Gasteiger partial charge in [0, 0.05) is 18.0 Å². The first kappa shape index (κ1) is 12.8. The smallest absolute Gasteiger partial charge is 0.271 e. The Balaban J connectivity index is 1.98. The lowest BCUT2D eigenvalue weighted by Crippen LogP contribution is -2.17. The number of carbonyl (C=O) groups is 1. The number of hydrogen-bond acceptors (Lipinski definition) is 4. The largest absolute Gasteiger partial charge is 0.497 e. The maximum Gasteiger partial charge on any atom is 0.271 e. The molecule has 0 spiro atoms. The van der Waals surface area contributed by atoms with Gasteiger partial charge in [-0.05, 0) is 29.8 Å². The lowest BCUT2D eigenvalue weighted by Gasteiger charge is -2.00. The molecule has 0 aliphatic carbocycles. The summed E-state index contributed by atoms with van der Waals surface area (Å²) < 4.78 is 5.10. The zero-order valence-corrected chi connectivity index (χ0v) is 10.4. The third kappa shape index (κ3) is 3.64. The van der Waals surface area contributed by atoms with Gasteiger partial charge in [-0.15, -0.1) is 0 Å². The van der Waals surface area contributed by atoms with E-state index in [9.17, 15) is 4.79 Å². The first-order valence-electron chi connectivity index (χ1n) is 5.67. The van der Waals surface area contributed by atoms with Crippen molar-refractivity contribution < 1.29 is 9.53 Å². The highest BCUT2D eigenvalue weighted by Crippen LogP contribution is 2.10. The Labute approximate surface area is 110 Å². The van der Waals surface area contributed by atoms with Crippen molar-refractivity contribution in [3.8, 4) is 5.75 Å². The van der Waals surface area contributed by atoms with Crippen molar-refractivity contribution in [2.24, 2.45) is 5.10 Å². The van der Waals surface area contributed by atoms with Crippen LogP contribution in [0.25, 0.3) is 0 Å². The van der Waals surface area contributed by atoms with Gasteiger partial charge in [0.2, 0.25) is 0 Å². The number of aromatic nitrogens is 1. The van der Waals surface area contributed by atoms with Crippen molar-refractivity contribution in [1.82, 2.24) is 10.4 Å². The van der Waals surface area contributed by atoms with Gasteiger partial charge < -0.3 is 4.74 Å². The van der Waals surface area contributed by atoms with E-state index in [-0.39, 0.29) is 5.91 Å². The van der Waals surface area contributed by atoms with E-state index in [0.29, 0.717) is 5.56 Å².